The van der Waals surface area contributed by atoms with Crippen LogP contribution in [0.3, 0.4) is 0 Å². The maximum Gasteiger partial charge on any atom is 0.191 e. The molecule has 2 N–H and O–H groups in total. The van der Waals surface area contributed by atoms with Gasteiger partial charge < -0.3 is 15.4 Å². The molecule has 0 aromatic heterocycles. The van der Waals surface area contributed by atoms with Crippen molar-refractivity contribution < 1.29 is 4.74 Å². The average Bonchev–Trinajstić information content (AvgIpc) is 2.65. The number of nitrogens with zero attached hydrogens (tertiary/aromatic N) is 2. The molecule has 5 nitrogen and oxygen atoms in total. The number of nitrogens with one attached hydrogen (secondary N) is 2. The zero-order chi connectivity index (χ0) is 18.1. The maximum absolute atomic E-state index is 5.49. The molecule has 2 rings (SSSR count). The lowest BCUT2D eigenvalue weighted by Gasteiger charge is -2.37. The molecule has 2 atom stereocenters. The second-order valence-corrected chi connectivity index (χ2v) is 7.11. The number of morpholine rings is 1. The smallest absolute Gasteiger partial charge is 0.191 e. The van der Waals surface area contributed by atoms with Gasteiger partial charge in [0.25, 0.3) is 0 Å². The van der Waals surface area contributed by atoms with Gasteiger partial charge in [-0.25, -0.2) is 0 Å². The van der Waals surface area contributed by atoms with Gasteiger partial charge in [0.2, 0.25) is 0 Å². The van der Waals surface area contributed by atoms with E-state index in [1.54, 1.807) is 0 Å². The van der Waals surface area contributed by atoms with Crippen molar-refractivity contribution in [3.8, 4) is 0 Å². The molecule has 1 fully saturated rings. The second kappa shape index (κ2) is 10.4. The minimum Gasteiger partial charge on any atom is -0.379 e. The molecular weight excluding hydrogens is 312 g/mol. The van der Waals surface area contributed by atoms with Crippen LogP contribution in [0.1, 0.15) is 32.3 Å². The van der Waals surface area contributed by atoms with Crippen LogP contribution in [-0.4, -0.2) is 63.3 Å². The van der Waals surface area contributed by atoms with E-state index in [0.717, 1.165) is 45.4 Å². The van der Waals surface area contributed by atoms with E-state index in [-0.39, 0.29) is 0 Å². The summed E-state index contributed by atoms with van der Waals surface area (Å²) in [7, 11) is 1.83. The van der Waals surface area contributed by atoms with E-state index >= 15 is 0 Å². The molecule has 2 unspecified atom stereocenters. The second-order valence-electron chi connectivity index (χ2n) is 7.11. The highest BCUT2D eigenvalue weighted by molar-refractivity contribution is 5.79. The number of benzene rings is 1. The SMILES string of the molecule is CN=C(NCC(C)c1ccccc1)NCC(C(C)C)N1CCOCC1. The van der Waals surface area contributed by atoms with Gasteiger partial charge >= 0.3 is 0 Å². The van der Waals surface area contributed by atoms with Gasteiger partial charge in [0.1, 0.15) is 0 Å². The topological polar surface area (TPSA) is 48.9 Å². The highest BCUT2D eigenvalue weighted by Crippen LogP contribution is 2.13. The van der Waals surface area contributed by atoms with Crippen LogP contribution in [0, 0.1) is 5.92 Å². The van der Waals surface area contributed by atoms with E-state index in [1.165, 1.54) is 5.56 Å². The molecule has 1 saturated heterocycles. The summed E-state index contributed by atoms with van der Waals surface area (Å²) in [6.07, 6.45) is 0. The van der Waals surface area contributed by atoms with Crippen LogP contribution in [0.25, 0.3) is 0 Å². The quantitative estimate of drug-likeness (QED) is 0.588. The van der Waals surface area contributed by atoms with Crippen LogP contribution in [0.2, 0.25) is 0 Å². The summed E-state index contributed by atoms with van der Waals surface area (Å²) in [4.78, 5) is 6.91. The van der Waals surface area contributed by atoms with Crippen LogP contribution in [0.5, 0.6) is 0 Å². The predicted molar refractivity (Wildman–Crippen MR) is 105 cm³/mol. The fourth-order valence-corrected chi connectivity index (χ4v) is 3.27. The monoisotopic (exact) mass is 346 g/mol. The fourth-order valence-electron chi connectivity index (χ4n) is 3.27. The van der Waals surface area contributed by atoms with Crippen molar-refractivity contribution in [3.05, 3.63) is 35.9 Å². The van der Waals surface area contributed by atoms with Crippen molar-refractivity contribution >= 4 is 5.96 Å². The summed E-state index contributed by atoms with van der Waals surface area (Å²) in [6.45, 7) is 12.3. The summed E-state index contributed by atoms with van der Waals surface area (Å²) in [6, 6.07) is 11.1. The molecule has 5 heteroatoms. The number of hydrogen-bond donors (Lipinski definition) is 2. The molecule has 140 valence electrons. The largest absolute Gasteiger partial charge is 0.379 e. The third-order valence-electron chi connectivity index (χ3n) is 4.93. The molecule has 1 aliphatic rings. The van der Waals surface area contributed by atoms with Crippen molar-refractivity contribution in [3.63, 3.8) is 0 Å². The van der Waals surface area contributed by atoms with Gasteiger partial charge in [-0.1, -0.05) is 51.1 Å². The summed E-state index contributed by atoms with van der Waals surface area (Å²) in [5, 5.41) is 6.97. The Kier molecular flexibility index (Phi) is 8.22. The van der Waals surface area contributed by atoms with Gasteiger partial charge in [0.15, 0.2) is 5.96 Å². The van der Waals surface area contributed by atoms with Gasteiger partial charge in [-0.15, -0.1) is 0 Å². The van der Waals surface area contributed by atoms with E-state index in [4.69, 9.17) is 4.74 Å². The molecule has 1 aromatic carbocycles. The zero-order valence-corrected chi connectivity index (χ0v) is 16.2. The highest BCUT2D eigenvalue weighted by Gasteiger charge is 2.23. The normalized spacial score (nSPS) is 18.8. The molecule has 0 amide bonds. The Morgan fingerprint density at radius 1 is 1.08 bits per heavy atom. The molecule has 25 heavy (non-hydrogen) atoms. The molecule has 0 spiro atoms. The Morgan fingerprint density at radius 2 is 1.72 bits per heavy atom. The third-order valence-corrected chi connectivity index (χ3v) is 4.93. The van der Waals surface area contributed by atoms with Crippen LogP contribution >= 0.6 is 0 Å². The van der Waals surface area contributed by atoms with E-state index in [1.807, 2.05) is 7.05 Å². The van der Waals surface area contributed by atoms with Gasteiger partial charge in [0, 0.05) is 39.3 Å². The third kappa shape index (κ3) is 6.33. The van der Waals surface area contributed by atoms with Crippen molar-refractivity contribution in [1.82, 2.24) is 15.5 Å². The minimum absolute atomic E-state index is 0.444. The zero-order valence-electron chi connectivity index (χ0n) is 16.2. The minimum atomic E-state index is 0.444. The molecule has 1 aromatic rings. The first-order valence-electron chi connectivity index (χ1n) is 9.43. The Hall–Kier alpha value is -1.59. The molecule has 0 radical (unpaired) electrons. The van der Waals surface area contributed by atoms with Crippen molar-refractivity contribution in [2.24, 2.45) is 10.9 Å². The lowest BCUT2D eigenvalue weighted by molar-refractivity contribution is 0.00752. The number of aliphatic imine (C=N–C) groups is 1. The van der Waals surface area contributed by atoms with E-state index < -0.39 is 0 Å². The Balaban J connectivity index is 1.82. The first kappa shape index (κ1) is 19.7. The summed E-state index contributed by atoms with van der Waals surface area (Å²) >= 11 is 0. The van der Waals surface area contributed by atoms with Gasteiger partial charge in [0.05, 0.1) is 13.2 Å². The van der Waals surface area contributed by atoms with Crippen LogP contribution in [0.4, 0.5) is 0 Å². The summed E-state index contributed by atoms with van der Waals surface area (Å²) < 4.78 is 5.49. The molecular formula is C20H34N4O. The predicted octanol–water partition coefficient (Wildman–Crippen LogP) is 2.31. The molecule has 0 aliphatic carbocycles. The van der Waals surface area contributed by atoms with Gasteiger partial charge in [-0.05, 0) is 17.4 Å². The first-order valence-corrected chi connectivity index (χ1v) is 9.43. The number of rotatable bonds is 7. The van der Waals surface area contributed by atoms with E-state index in [0.29, 0.717) is 17.9 Å². The van der Waals surface area contributed by atoms with Crippen LogP contribution in [-0.2, 0) is 4.74 Å². The van der Waals surface area contributed by atoms with Crippen molar-refractivity contribution in [1.29, 1.82) is 0 Å². The van der Waals surface area contributed by atoms with E-state index in [9.17, 15) is 0 Å². The van der Waals surface area contributed by atoms with Gasteiger partial charge in [-0.2, -0.15) is 0 Å². The van der Waals surface area contributed by atoms with Gasteiger partial charge in [-0.3, -0.25) is 9.89 Å². The van der Waals surface area contributed by atoms with Crippen LogP contribution in [0.15, 0.2) is 35.3 Å². The fraction of sp³-hybridized carbons (Fsp3) is 0.650. The molecule has 0 bridgehead atoms. The Morgan fingerprint density at radius 3 is 2.32 bits per heavy atom. The maximum atomic E-state index is 5.49. The molecule has 1 heterocycles. The Labute approximate surface area is 152 Å². The van der Waals surface area contributed by atoms with Crippen LogP contribution < -0.4 is 10.6 Å². The molecule has 0 saturated carbocycles. The Bertz CT molecular complexity index is 512. The molecule has 1 aliphatic heterocycles. The summed E-state index contributed by atoms with van der Waals surface area (Å²) in [5.41, 5.74) is 1.35. The lowest BCUT2D eigenvalue weighted by atomic mass is 10.0. The van der Waals surface area contributed by atoms with Crippen molar-refractivity contribution in [2.45, 2.75) is 32.7 Å². The summed E-state index contributed by atoms with van der Waals surface area (Å²) in [5.74, 6) is 1.91. The first-order chi connectivity index (χ1) is 12.1. The average molecular weight is 347 g/mol. The number of guanidine groups is 1. The standard InChI is InChI=1S/C20H34N4O/c1-16(2)19(24-10-12-25-13-11-24)15-23-20(21-4)22-14-17(3)18-8-6-5-7-9-18/h5-9,16-17,19H,10-15H2,1-4H3,(H2,21,22,23). The number of ether oxygens (including phenoxy) is 1. The van der Waals surface area contributed by atoms with Crippen molar-refractivity contribution in [2.75, 3.05) is 46.4 Å². The number of hydrogen-bond acceptors (Lipinski definition) is 3. The lowest BCUT2D eigenvalue weighted by Crippen LogP contribution is -2.52. The van der Waals surface area contributed by atoms with E-state index in [2.05, 4.69) is 71.6 Å². The highest BCUT2D eigenvalue weighted by atomic mass is 16.5.